The van der Waals surface area contributed by atoms with E-state index in [1.54, 1.807) is 0 Å². The summed E-state index contributed by atoms with van der Waals surface area (Å²) < 4.78 is 0. The summed E-state index contributed by atoms with van der Waals surface area (Å²) in [5.41, 5.74) is 0. The Morgan fingerprint density at radius 1 is 1.15 bits per heavy atom. The Morgan fingerprint density at radius 3 is 2.23 bits per heavy atom. The van der Waals surface area contributed by atoms with Crippen molar-refractivity contribution in [3.05, 3.63) is 0 Å². The van der Waals surface area contributed by atoms with E-state index < -0.39 is 0 Å². The number of nitrogens with one attached hydrogen (secondary N) is 1. The highest BCUT2D eigenvalue weighted by Crippen LogP contribution is 1.96. The monoisotopic (exact) mass is 185 g/mol. The van der Waals surface area contributed by atoms with Gasteiger partial charge in [-0.05, 0) is 33.5 Å². The third-order valence-electron chi connectivity index (χ3n) is 2.05. The fraction of sp³-hybridized carbons (Fsp3) is 0.900. The van der Waals surface area contributed by atoms with Crippen LogP contribution < -0.4 is 0 Å². The Balaban J connectivity index is 3.49. The molecular weight excluding hydrogens is 162 g/mol. The molecule has 13 heavy (non-hydrogen) atoms. The van der Waals surface area contributed by atoms with E-state index in [-0.39, 0.29) is 0 Å². The molecule has 3 nitrogen and oxygen atoms in total. The fourth-order valence-electron chi connectivity index (χ4n) is 1.19. The first-order chi connectivity index (χ1) is 6.07. The predicted molar refractivity (Wildman–Crippen MR) is 58.4 cm³/mol. The van der Waals surface area contributed by atoms with Gasteiger partial charge in [0.1, 0.15) is 0 Å². The van der Waals surface area contributed by atoms with Gasteiger partial charge in [0, 0.05) is 20.0 Å². The summed E-state index contributed by atoms with van der Waals surface area (Å²) in [5.74, 6) is 0.765. The van der Waals surface area contributed by atoms with Crippen molar-refractivity contribution in [1.29, 1.82) is 5.41 Å². The van der Waals surface area contributed by atoms with Gasteiger partial charge >= 0.3 is 0 Å². The van der Waals surface area contributed by atoms with E-state index in [0.29, 0.717) is 0 Å². The summed E-state index contributed by atoms with van der Waals surface area (Å²) in [4.78, 5) is 4.23. The minimum absolute atomic E-state index is 0.765. The molecule has 0 saturated carbocycles. The van der Waals surface area contributed by atoms with Crippen LogP contribution in [0.4, 0.5) is 0 Å². The Labute approximate surface area is 82.2 Å². The zero-order valence-corrected chi connectivity index (χ0v) is 9.43. The fourth-order valence-corrected chi connectivity index (χ4v) is 1.19. The van der Waals surface area contributed by atoms with Gasteiger partial charge in [0.15, 0.2) is 0 Å². The number of hydrogen-bond acceptors (Lipinski definition) is 2. The summed E-state index contributed by atoms with van der Waals surface area (Å²) in [6.07, 6.45) is 3.10. The molecule has 0 aliphatic rings. The lowest BCUT2D eigenvalue weighted by molar-refractivity contribution is 0.367. The molecule has 0 amide bonds. The topological polar surface area (TPSA) is 30.3 Å². The largest absolute Gasteiger partial charge is 0.364 e. The van der Waals surface area contributed by atoms with E-state index in [1.807, 2.05) is 11.9 Å². The molecule has 0 bridgehead atoms. The zero-order valence-electron chi connectivity index (χ0n) is 9.43. The van der Waals surface area contributed by atoms with Gasteiger partial charge in [-0.2, -0.15) is 0 Å². The number of amidine groups is 1. The second kappa shape index (κ2) is 6.89. The van der Waals surface area contributed by atoms with Gasteiger partial charge in [-0.25, -0.2) is 0 Å². The first kappa shape index (κ1) is 12.4. The highest BCUT2D eigenvalue weighted by molar-refractivity contribution is 5.78. The van der Waals surface area contributed by atoms with Crippen LogP contribution in [-0.2, 0) is 0 Å². The van der Waals surface area contributed by atoms with Gasteiger partial charge in [0.25, 0.3) is 0 Å². The number of nitrogens with zero attached hydrogens (tertiary/aromatic N) is 2. The molecule has 0 fully saturated rings. The summed E-state index contributed by atoms with van der Waals surface area (Å²) >= 11 is 0. The smallest absolute Gasteiger partial charge is 0.0954 e. The van der Waals surface area contributed by atoms with Crippen molar-refractivity contribution in [3.8, 4) is 0 Å². The lowest BCUT2D eigenvalue weighted by Crippen LogP contribution is -2.28. The van der Waals surface area contributed by atoms with Crippen molar-refractivity contribution in [2.75, 3.05) is 34.2 Å². The normalized spacial score (nSPS) is 10.5. The second-order valence-electron chi connectivity index (χ2n) is 3.78. The molecular formula is C10H23N3. The van der Waals surface area contributed by atoms with Crippen LogP contribution in [0.15, 0.2) is 0 Å². The Hall–Kier alpha value is -0.570. The van der Waals surface area contributed by atoms with Crippen LogP contribution in [0.1, 0.15) is 26.2 Å². The molecule has 0 aromatic rings. The van der Waals surface area contributed by atoms with Crippen molar-refractivity contribution < 1.29 is 0 Å². The predicted octanol–water partition coefficient (Wildman–Crippen LogP) is 1.65. The third kappa shape index (κ3) is 6.58. The Bertz CT molecular complexity index is 143. The summed E-state index contributed by atoms with van der Waals surface area (Å²) in [5, 5.41) is 7.69. The van der Waals surface area contributed by atoms with Crippen molar-refractivity contribution in [2.24, 2.45) is 0 Å². The highest BCUT2D eigenvalue weighted by Gasteiger charge is 2.02. The van der Waals surface area contributed by atoms with Gasteiger partial charge in [-0.3, -0.25) is 5.41 Å². The van der Waals surface area contributed by atoms with Crippen LogP contribution in [0.3, 0.4) is 0 Å². The average molecular weight is 185 g/mol. The maximum Gasteiger partial charge on any atom is 0.0954 e. The Kier molecular flexibility index (Phi) is 6.59. The van der Waals surface area contributed by atoms with Gasteiger partial charge in [0.2, 0.25) is 0 Å². The van der Waals surface area contributed by atoms with Gasteiger partial charge in [-0.1, -0.05) is 6.92 Å². The van der Waals surface area contributed by atoms with Gasteiger partial charge in [0.05, 0.1) is 5.84 Å². The summed E-state index contributed by atoms with van der Waals surface area (Å²) in [6, 6.07) is 0. The molecule has 0 aliphatic carbocycles. The molecule has 0 atom stereocenters. The van der Waals surface area contributed by atoms with Gasteiger partial charge < -0.3 is 9.80 Å². The summed E-state index contributed by atoms with van der Waals surface area (Å²) in [6.45, 7) is 4.21. The highest BCUT2D eigenvalue weighted by atomic mass is 15.1. The molecule has 0 saturated heterocycles. The van der Waals surface area contributed by atoms with Crippen LogP contribution in [0.25, 0.3) is 0 Å². The van der Waals surface area contributed by atoms with E-state index >= 15 is 0 Å². The lowest BCUT2D eigenvalue weighted by atomic mass is 10.3. The molecule has 78 valence electrons. The van der Waals surface area contributed by atoms with Gasteiger partial charge in [-0.15, -0.1) is 0 Å². The van der Waals surface area contributed by atoms with E-state index in [2.05, 4.69) is 25.9 Å². The molecule has 0 aliphatic heterocycles. The van der Waals surface area contributed by atoms with Crippen molar-refractivity contribution in [3.63, 3.8) is 0 Å². The lowest BCUT2D eigenvalue weighted by Gasteiger charge is -2.20. The molecule has 0 radical (unpaired) electrons. The quantitative estimate of drug-likeness (QED) is 0.504. The number of hydrogen-bond donors (Lipinski definition) is 1. The SMILES string of the molecule is CCCC(=N)N(C)CCCN(C)C. The van der Waals surface area contributed by atoms with Crippen molar-refractivity contribution in [2.45, 2.75) is 26.2 Å². The van der Waals surface area contributed by atoms with Crippen LogP contribution in [0.5, 0.6) is 0 Å². The maximum atomic E-state index is 7.69. The van der Waals surface area contributed by atoms with E-state index in [9.17, 15) is 0 Å². The van der Waals surface area contributed by atoms with E-state index in [4.69, 9.17) is 5.41 Å². The number of rotatable bonds is 6. The molecule has 0 spiro atoms. The molecule has 0 rings (SSSR count). The summed E-state index contributed by atoms with van der Waals surface area (Å²) in [7, 11) is 6.17. The van der Waals surface area contributed by atoms with Crippen LogP contribution in [-0.4, -0.2) is 49.9 Å². The first-order valence-corrected chi connectivity index (χ1v) is 5.01. The van der Waals surface area contributed by atoms with Crippen molar-refractivity contribution >= 4 is 5.84 Å². The minimum atomic E-state index is 0.765. The molecule has 3 heteroatoms. The first-order valence-electron chi connectivity index (χ1n) is 5.01. The van der Waals surface area contributed by atoms with Crippen LogP contribution in [0, 0.1) is 5.41 Å². The van der Waals surface area contributed by atoms with Crippen molar-refractivity contribution in [1.82, 2.24) is 9.80 Å². The molecule has 0 aromatic carbocycles. The van der Waals surface area contributed by atoms with E-state index in [0.717, 1.165) is 38.2 Å². The van der Waals surface area contributed by atoms with Crippen LogP contribution >= 0.6 is 0 Å². The standard InChI is InChI=1S/C10H23N3/c1-5-7-10(11)13(4)9-6-8-12(2)3/h11H,5-9H2,1-4H3. The Morgan fingerprint density at radius 2 is 1.77 bits per heavy atom. The molecule has 1 N–H and O–H groups in total. The average Bonchev–Trinajstić information content (AvgIpc) is 2.04. The third-order valence-corrected chi connectivity index (χ3v) is 2.05. The van der Waals surface area contributed by atoms with Crippen LogP contribution in [0.2, 0.25) is 0 Å². The zero-order chi connectivity index (χ0) is 10.3. The molecule has 0 heterocycles. The van der Waals surface area contributed by atoms with E-state index in [1.165, 1.54) is 0 Å². The molecule has 0 unspecified atom stereocenters. The minimum Gasteiger partial charge on any atom is -0.364 e. The second-order valence-corrected chi connectivity index (χ2v) is 3.78. The maximum absolute atomic E-state index is 7.69. The molecule has 0 aromatic heterocycles.